The Kier molecular flexibility index (Phi) is 6.52. The highest BCUT2D eigenvalue weighted by Gasteiger charge is 2.12. The van der Waals surface area contributed by atoms with Crippen LogP contribution in [0.25, 0.3) is 11.4 Å². The van der Waals surface area contributed by atoms with Crippen molar-refractivity contribution in [3.8, 4) is 11.4 Å². The minimum atomic E-state index is -0.0639. The Labute approximate surface area is 167 Å². The average Bonchev–Trinajstić information content (AvgIpc) is 3.22. The summed E-state index contributed by atoms with van der Waals surface area (Å²) in [4.78, 5) is 16.8. The Morgan fingerprint density at radius 3 is 2.74 bits per heavy atom. The number of amides is 1. The second-order valence-corrected chi connectivity index (χ2v) is 7.82. The van der Waals surface area contributed by atoms with Crippen LogP contribution in [0.5, 0.6) is 0 Å². The second kappa shape index (κ2) is 9.05. The molecule has 0 saturated heterocycles. The number of aryl methyl sites for hydroxylation is 3. The summed E-state index contributed by atoms with van der Waals surface area (Å²) in [5, 5.41) is 13.2. The fourth-order valence-electron chi connectivity index (χ4n) is 2.73. The maximum Gasteiger partial charge on any atom is 0.240 e. The molecule has 0 radical (unpaired) electrons. The molecule has 0 fully saturated rings. The molecule has 8 heteroatoms. The molecule has 3 aromatic rings. The van der Waals surface area contributed by atoms with Crippen LogP contribution in [0.1, 0.15) is 29.1 Å². The summed E-state index contributed by atoms with van der Waals surface area (Å²) < 4.78 is 2.17. The van der Waals surface area contributed by atoms with Crippen LogP contribution >= 0.6 is 23.6 Å². The number of unbranched alkanes of at least 4 members (excludes halogenated alkanes) is 1. The number of carbonyl (C=O) groups is 1. The van der Waals surface area contributed by atoms with Gasteiger partial charge in [0, 0.05) is 23.2 Å². The van der Waals surface area contributed by atoms with Gasteiger partial charge in [-0.1, -0.05) is 29.8 Å². The zero-order valence-electron chi connectivity index (χ0n) is 15.5. The summed E-state index contributed by atoms with van der Waals surface area (Å²) in [7, 11) is 0. The van der Waals surface area contributed by atoms with E-state index < -0.39 is 0 Å². The SMILES string of the molecule is Cc1ccc(-c2n[nH]c(=S)n2CC(=O)NCCCCc2nc(C)cs2)cc1. The Hall–Kier alpha value is -2.32. The fourth-order valence-corrected chi connectivity index (χ4v) is 3.75. The van der Waals surface area contributed by atoms with Crippen molar-refractivity contribution in [3.63, 3.8) is 0 Å². The van der Waals surface area contributed by atoms with E-state index in [1.807, 2.05) is 38.1 Å². The van der Waals surface area contributed by atoms with Crippen LogP contribution < -0.4 is 5.32 Å². The maximum atomic E-state index is 12.3. The van der Waals surface area contributed by atoms with E-state index >= 15 is 0 Å². The van der Waals surface area contributed by atoms with Crippen LogP contribution in [0, 0.1) is 18.6 Å². The number of aromatic amines is 1. The molecule has 0 unspecified atom stereocenters. The van der Waals surface area contributed by atoms with E-state index in [0.717, 1.165) is 35.5 Å². The molecule has 2 heterocycles. The number of aromatic nitrogens is 4. The topological polar surface area (TPSA) is 75.6 Å². The van der Waals surface area contributed by atoms with Crippen molar-refractivity contribution in [1.29, 1.82) is 0 Å². The van der Waals surface area contributed by atoms with E-state index in [4.69, 9.17) is 12.2 Å². The molecule has 0 bridgehead atoms. The summed E-state index contributed by atoms with van der Waals surface area (Å²) in [5.41, 5.74) is 3.18. The average molecular weight is 402 g/mol. The number of hydrogen-bond acceptors (Lipinski definition) is 5. The van der Waals surface area contributed by atoms with Gasteiger partial charge in [0.05, 0.1) is 5.01 Å². The van der Waals surface area contributed by atoms with E-state index in [9.17, 15) is 4.79 Å². The van der Waals surface area contributed by atoms with Crippen LogP contribution in [0.2, 0.25) is 0 Å². The molecule has 6 nitrogen and oxygen atoms in total. The smallest absolute Gasteiger partial charge is 0.240 e. The van der Waals surface area contributed by atoms with E-state index in [-0.39, 0.29) is 12.5 Å². The van der Waals surface area contributed by atoms with Gasteiger partial charge < -0.3 is 5.32 Å². The van der Waals surface area contributed by atoms with Gasteiger partial charge >= 0.3 is 0 Å². The van der Waals surface area contributed by atoms with Gasteiger partial charge in [-0.3, -0.25) is 14.5 Å². The summed E-state index contributed by atoms with van der Waals surface area (Å²) in [6.07, 6.45) is 2.89. The van der Waals surface area contributed by atoms with Crippen molar-refractivity contribution in [2.24, 2.45) is 0 Å². The van der Waals surface area contributed by atoms with Gasteiger partial charge in [-0.25, -0.2) is 4.98 Å². The van der Waals surface area contributed by atoms with Crippen molar-refractivity contribution in [1.82, 2.24) is 25.1 Å². The Morgan fingerprint density at radius 2 is 2.04 bits per heavy atom. The lowest BCUT2D eigenvalue weighted by Crippen LogP contribution is -2.28. The van der Waals surface area contributed by atoms with E-state index in [1.165, 1.54) is 5.56 Å². The second-order valence-electron chi connectivity index (χ2n) is 6.49. The number of nitrogens with one attached hydrogen (secondary N) is 2. The van der Waals surface area contributed by atoms with Crippen LogP contribution in [-0.4, -0.2) is 32.2 Å². The Morgan fingerprint density at radius 1 is 1.26 bits per heavy atom. The highest BCUT2D eigenvalue weighted by Crippen LogP contribution is 2.17. The number of rotatable bonds is 8. The van der Waals surface area contributed by atoms with Crippen molar-refractivity contribution < 1.29 is 4.79 Å². The third kappa shape index (κ3) is 5.33. The van der Waals surface area contributed by atoms with Crippen LogP contribution in [-0.2, 0) is 17.8 Å². The highest BCUT2D eigenvalue weighted by molar-refractivity contribution is 7.71. The van der Waals surface area contributed by atoms with Crippen molar-refractivity contribution in [3.05, 3.63) is 50.7 Å². The van der Waals surface area contributed by atoms with Gasteiger partial charge in [-0.05, 0) is 45.3 Å². The van der Waals surface area contributed by atoms with E-state index in [2.05, 4.69) is 25.9 Å². The lowest BCUT2D eigenvalue weighted by molar-refractivity contribution is -0.121. The molecule has 1 amide bonds. The summed E-state index contributed by atoms with van der Waals surface area (Å²) in [5.74, 6) is 0.611. The minimum Gasteiger partial charge on any atom is -0.355 e. The first-order valence-electron chi connectivity index (χ1n) is 8.93. The van der Waals surface area contributed by atoms with Crippen molar-refractivity contribution >= 4 is 29.5 Å². The molecule has 0 atom stereocenters. The molecule has 142 valence electrons. The lowest BCUT2D eigenvalue weighted by atomic mass is 10.1. The largest absolute Gasteiger partial charge is 0.355 e. The number of thiazole rings is 1. The molecular formula is C19H23N5OS2. The van der Waals surface area contributed by atoms with Gasteiger partial charge in [0.25, 0.3) is 0 Å². The predicted molar refractivity (Wildman–Crippen MR) is 110 cm³/mol. The molecule has 2 aromatic heterocycles. The normalized spacial score (nSPS) is 10.9. The molecule has 0 aliphatic rings. The first-order chi connectivity index (χ1) is 13.0. The highest BCUT2D eigenvalue weighted by atomic mass is 32.1. The third-order valence-corrected chi connectivity index (χ3v) is 5.51. The maximum absolute atomic E-state index is 12.3. The first-order valence-corrected chi connectivity index (χ1v) is 10.2. The summed E-state index contributed by atoms with van der Waals surface area (Å²) in [6.45, 7) is 4.84. The predicted octanol–water partition coefficient (Wildman–Crippen LogP) is 3.82. The number of nitrogens with zero attached hydrogens (tertiary/aromatic N) is 3. The van der Waals surface area contributed by atoms with Crippen molar-refractivity contribution in [2.45, 2.75) is 39.7 Å². The summed E-state index contributed by atoms with van der Waals surface area (Å²) in [6, 6.07) is 7.99. The molecule has 0 aliphatic heterocycles. The number of hydrogen-bond donors (Lipinski definition) is 2. The molecule has 0 aliphatic carbocycles. The zero-order valence-corrected chi connectivity index (χ0v) is 17.1. The monoisotopic (exact) mass is 401 g/mol. The van der Waals surface area contributed by atoms with Crippen molar-refractivity contribution in [2.75, 3.05) is 6.54 Å². The van der Waals surface area contributed by atoms with Gasteiger partial charge in [-0.15, -0.1) is 11.3 Å². The minimum absolute atomic E-state index is 0.0639. The van der Waals surface area contributed by atoms with Crippen LogP contribution in [0.15, 0.2) is 29.6 Å². The number of carbonyl (C=O) groups excluding carboxylic acids is 1. The van der Waals surface area contributed by atoms with Crippen LogP contribution in [0.4, 0.5) is 0 Å². The molecule has 0 saturated carbocycles. The van der Waals surface area contributed by atoms with E-state index in [0.29, 0.717) is 17.1 Å². The standard InChI is InChI=1S/C19H23N5OS2/c1-13-6-8-15(9-7-13)18-22-23-19(26)24(18)11-16(25)20-10-4-3-5-17-21-14(2)12-27-17/h6-9,12H,3-5,10-11H2,1-2H3,(H,20,25)(H,23,26). The molecule has 3 rings (SSSR count). The van der Waals surface area contributed by atoms with Crippen LogP contribution in [0.3, 0.4) is 0 Å². The molecule has 2 N–H and O–H groups in total. The van der Waals surface area contributed by atoms with Gasteiger partial charge in [-0.2, -0.15) is 5.10 Å². The van der Waals surface area contributed by atoms with Gasteiger partial charge in [0.15, 0.2) is 10.6 Å². The van der Waals surface area contributed by atoms with Gasteiger partial charge in [0.2, 0.25) is 5.91 Å². The molecule has 0 spiro atoms. The number of H-pyrrole nitrogens is 1. The Balaban J connectivity index is 1.50. The quantitative estimate of drug-likeness (QED) is 0.444. The first kappa shape index (κ1) is 19.4. The third-order valence-electron chi connectivity index (χ3n) is 4.18. The zero-order chi connectivity index (χ0) is 19.2. The summed E-state index contributed by atoms with van der Waals surface area (Å²) >= 11 is 6.98. The molecule has 1 aromatic carbocycles. The lowest BCUT2D eigenvalue weighted by Gasteiger charge is -2.08. The Bertz CT molecular complexity index is 955. The van der Waals surface area contributed by atoms with E-state index in [1.54, 1.807) is 15.9 Å². The molecular weight excluding hydrogens is 378 g/mol. The molecule has 27 heavy (non-hydrogen) atoms. The fraction of sp³-hybridized carbons (Fsp3) is 0.368. The number of benzene rings is 1. The van der Waals surface area contributed by atoms with Gasteiger partial charge in [0.1, 0.15) is 6.54 Å².